The van der Waals surface area contributed by atoms with Crippen LogP contribution >= 0.6 is 0 Å². The molecule has 1 fully saturated rings. The molecular weight excluding hydrogens is 451 g/mol. The summed E-state index contributed by atoms with van der Waals surface area (Å²) in [6.45, 7) is 0.654. The number of amides is 2. The van der Waals surface area contributed by atoms with Gasteiger partial charge >= 0.3 is 6.18 Å². The fourth-order valence-corrected chi connectivity index (χ4v) is 3.52. The molecule has 11 heteroatoms. The van der Waals surface area contributed by atoms with Crippen LogP contribution in [-0.2, 0) is 17.4 Å². The average Bonchev–Trinajstić information content (AvgIpc) is 3.22. The van der Waals surface area contributed by atoms with E-state index in [0.29, 0.717) is 42.6 Å². The van der Waals surface area contributed by atoms with Crippen molar-refractivity contribution in [2.24, 2.45) is 11.7 Å². The third-order valence-corrected chi connectivity index (χ3v) is 5.34. The van der Waals surface area contributed by atoms with E-state index in [1.165, 1.54) is 6.07 Å². The zero-order chi connectivity index (χ0) is 24.3. The topological polar surface area (TPSA) is 120 Å². The maximum Gasteiger partial charge on any atom is 0.417 e. The van der Waals surface area contributed by atoms with E-state index in [1.54, 1.807) is 24.3 Å². The van der Waals surface area contributed by atoms with E-state index in [2.05, 4.69) is 20.3 Å². The lowest BCUT2D eigenvalue weighted by Gasteiger charge is -2.10. The molecule has 0 bridgehead atoms. The molecule has 0 spiro atoms. The number of hydrogen-bond acceptors (Lipinski definition) is 6. The van der Waals surface area contributed by atoms with E-state index in [4.69, 9.17) is 10.5 Å². The maximum atomic E-state index is 12.7. The van der Waals surface area contributed by atoms with Crippen LogP contribution in [0.1, 0.15) is 34.6 Å². The average molecular weight is 471 g/mol. The van der Waals surface area contributed by atoms with Crippen molar-refractivity contribution in [2.75, 3.05) is 6.54 Å². The Kier molecular flexibility index (Phi) is 6.44. The van der Waals surface area contributed by atoms with Gasteiger partial charge in [-0.15, -0.1) is 0 Å². The highest BCUT2D eigenvalue weighted by molar-refractivity contribution is 5.91. The fourth-order valence-electron chi connectivity index (χ4n) is 3.52. The first-order chi connectivity index (χ1) is 16.2. The predicted octanol–water partition coefficient (Wildman–Crippen LogP) is 3.52. The molecule has 1 atom stereocenters. The van der Waals surface area contributed by atoms with Gasteiger partial charge in [-0.3, -0.25) is 9.59 Å². The molecule has 176 valence electrons. The zero-order valence-corrected chi connectivity index (χ0v) is 17.8. The minimum Gasteiger partial charge on any atom is -0.439 e. The third-order valence-electron chi connectivity index (χ3n) is 5.34. The van der Waals surface area contributed by atoms with Crippen LogP contribution < -0.4 is 15.8 Å². The highest BCUT2D eigenvalue weighted by Gasteiger charge is 2.30. The molecule has 3 heterocycles. The quantitative estimate of drug-likeness (QED) is 0.544. The van der Waals surface area contributed by atoms with Gasteiger partial charge in [-0.1, -0.05) is 0 Å². The number of halogens is 3. The molecule has 0 radical (unpaired) electrons. The van der Waals surface area contributed by atoms with Crippen molar-refractivity contribution in [2.45, 2.75) is 25.4 Å². The molecule has 1 aliphatic rings. The van der Waals surface area contributed by atoms with Crippen molar-refractivity contribution in [3.8, 4) is 23.0 Å². The number of benzene rings is 1. The van der Waals surface area contributed by atoms with Gasteiger partial charge in [-0.25, -0.2) is 15.0 Å². The Morgan fingerprint density at radius 3 is 2.50 bits per heavy atom. The van der Waals surface area contributed by atoms with Crippen molar-refractivity contribution in [1.29, 1.82) is 0 Å². The van der Waals surface area contributed by atoms with Crippen LogP contribution in [0.25, 0.3) is 11.4 Å². The highest BCUT2D eigenvalue weighted by atomic mass is 19.4. The molecular formula is C23H20F3N5O3. The van der Waals surface area contributed by atoms with Crippen LogP contribution in [0, 0.1) is 5.92 Å². The zero-order valence-electron chi connectivity index (χ0n) is 17.8. The van der Waals surface area contributed by atoms with Gasteiger partial charge in [0.25, 0.3) is 5.91 Å². The molecule has 8 nitrogen and oxygen atoms in total. The summed E-state index contributed by atoms with van der Waals surface area (Å²) in [4.78, 5) is 36.0. The minimum absolute atomic E-state index is 0.00552. The number of aromatic nitrogens is 3. The lowest BCUT2D eigenvalue weighted by molar-refractivity contribution is -0.137. The molecule has 4 rings (SSSR count). The molecule has 2 amide bonds. The van der Waals surface area contributed by atoms with Crippen LogP contribution in [-0.4, -0.2) is 33.3 Å². The smallest absolute Gasteiger partial charge is 0.417 e. The predicted molar refractivity (Wildman–Crippen MR) is 115 cm³/mol. The number of rotatable bonds is 7. The number of ether oxygens (including phenoxy) is 1. The third kappa shape index (κ3) is 5.48. The monoisotopic (exact) mass is 471 g/mol. The summed E-state index contributed by atoms with van der Waals surface area (Å²) in [5.74, 6) is -0.146. The Hall–Kier alpha value is -4.02. The Bertz CT molecular complexity index is 1200. The second kappa shape index (κ2) is 9.46. The number of carbonyl (C=O) groups excluding carboxylic acids is 2. The van der Waals surface area contributed by atoms with Crippen molar-refractivity contribution in [3.05, 3.63) is 65.6 Å². The number of nitrogens with two attached hydrogens (primary N) is 1. The van der Waals surface area contributed by atoms with Crippen LogP contribution in [0.3, 0.4) is 0 Å². The second-order valence-corrected chi connectivity index (χ2v) is 7.76. The van der Waals surface area contributed by atoms with Gasteiger partial charge in [0.2, 0.25) is 11.8 Å². The van der Waals surface area contributed by atoms with Gasteiger partial charge < -0.3 is 15.8 Å². The molecule has 2 aromatic heterocycles. The number of nitrogens with zero attached hydrogens (tertiary/aromatic N) is 3. The first kappa shape index (κ1) is 23.1. The number of carbonyl (C=O) groups is 2. The number of hydrogen-bond donors (Lipinski definition) is 2. The maximum absolute atomic E-state index is 12.7. The van der Waals surface area contributed by atoms with Gasteiger partial charge in [0.15, 0.2) is 5.82 Å². The van der Waals surface area contributed by atoms with Crippen LogP contribution in [0.15, 0.2) is 48.7 Å². The number of nitrogens with one attached hydrogen (secondary N) is 1. The molecule has 1 aromatic carbocycles. The van der Waals surface area contributed by atoms with Crippen LogP contribution in [0.2, 0.25) is 0 Å². The Labute approximate surface area is 192 Å². The summed E-state index contributed by atoms with van der Waals surface area (Å²) in [6.07, 6.45) is -1.95. The van der Waals surface area contributed by atoms with Gasteiger partial charge in [0.05, 0.1) is 5.56 Å². The molecule has 1 aliphatic heterocycles. The van der Waals surface area contributed by atoms with Gasteiger partial charge in [0.1, 0.15) is 11.4 Å². The highest BCUT2D eigenvalue weighted by Crippen LogP contribution is 2.30. The fraction of sp³-hybridized carbons (Fsp3) is 0.261. The molecule has 0 saturated carbocycles. The standard InChI is InChI=1S/C23H20F3N5O3/c24-23(25,26)15-4-8-19(29-12-15)34-17-6-2-13(3-7-17)21-30-16(11-18(31-21)20(27)32)5-1-14-9-10-28-22(14)33/h2-4,6-8,11-12,14H,1,5,9-10H2,(H2,27,32)(H,28,33)/t14-/m0/s1. The van der Waals surface area contributed by atoms with E-state index >= 15 is 0 Å². The number of pyridine rings is 1. The first-order valence-corrected chi connectivity index (χ1v) is 10.5. The minimum atomic E-state index is -4.48. The Morgan fingerprint density at radius 2 is 1.91 bits per heavy atom. The summed E-state index contributed by atoms with van der Waals surface area (Å²) in [5, 5.41) is 2.79. The van der Waals surface area contributed by atoms with Gasteiger partial charge in [0, 0.05) is 36.0 Å². The lowest BCUT2D eigenvalue weighted by atomic mass is 10.00. The SMILES string of the molecule is NC(=O)c1cc(CC[C@H]2CCNC2=O)nc(-c2ccc(Oc3ccc(C(F)(F)F)cn3)cc2)n1. The molecule has 1 saturated heterocycles. The van der Waals surface area contributed by atoms with Crippen molar-refractivity contribution < 1.29 is 27.5 Å². The van der Waals surface area contributed by atoms with Crippen molar-refractivity contribution >= 4 is 11.8 Å². The molecule has 3 N–H and O–H groups in total. The van der Waals surface area contributed by atoms with Crippen molar-refractivity contribution in [1.82, 2.24) is 20.3 Å². The first-order valence-electron chi connectivity index (χ1n) is 10.5. The van der Waals surface area contributed by atoms with E-state index in [1.807, 2.05) is 0 Å². The molecule has 0 aliphatic carbocycles. The van der Waals surface area contributed by atoms with Gasteiger partial charge in [-0.05, 0) is 55.7 Å². The van der Waals surface area contributed by atoms with E-state index < -0.39 is 17.6 Å². The van der Waals surface area contributed by atoms with E-state index in [9.17, 15) is 22.8 Å². The summed E-state index contributed by atoms with van der Waals surface area (Å²) >= 11 is 0. The van der Waals surface area contributed by atoms with Crippen LogP contribution in [0.4, 0.5) is 13.2 Å². The number of aryl methyl sites for hydroxylation is 1. The Morgan fingerprint density at radius 1 is 1.15 bits per heavy atom. The van der Waals surface area contributed by atoms with E-state index in [-0.39, 0.29) is 29.2 Å². The second-order valence-electron chi connectivity index (χ2n) is 7.76. The summed E-state index contributed by atoms with van der Waals surface area (Å²) in [5.41, 5.74) is 5.79. The normalized spacial score (nSPS) is 15.7. The number of alkyl halides is 3. The largest absolute Gasteiger partial charge is 0.439 e. The molecule has 0 unspecified atom stereocenters. The van der Waals surface area contributed by atoms with Crippen LogP contribution in [0.5, 0.6) is 11.6 Å². The lowest BCUT2D eigenvalue weighted by Crippen LogP contribution is -2.19. The van der Waals surface area contributed by atoms with E-state index in [0.717, 1.165) is 18.6 Å². The van der Waals surface area contributed by atoms with Crippen molar-refractivity contribution in [3.63, 3.8) is 0 Å². The molecule has 34 heavy (non-hydrogen) atoms. The van der Waals surface area contributed by atoms with Gasteiger partial charge in [-0.2, -0.15) is 13.2 Å². The summed E-state index contributed by atoms with van der Waals surface area (Å²) in [7, 11) is 0. The number of primary amides is 1. The summed E-state index contributed by atoms with van der Waals surface area (Å²) in [6, 6.07) is 9.99. The Balaban J connectivity index is 1.50. The molecule has 3 aromatic rings. The summed E-state index contributed by atoms with van der Waals surface area (Å²) < 4.78 is 43.5.